The Balaban J connectivity index is 1.53. The zero-order valence-electron chi connectivity index (χ0n) is 21.0. The van der Waals surface area contributed by atoms with E-state index in [1.807, 2.05) is 66.5 Å². The largest absolute Gasteiger partial charge is 0.322 e. The Labute approximate surface area is 224 Å². The molecule has 0 saturated heterocycles. The second kappa shape index (κ2) is 9.87. The number of aromatic nitrogens is 3. The maximum absolute atomic E-state index is 13.9. The summed E-state index contributed by atoms with van der Waals surface area (Å²) in [6, 6.07) is 27.6. The Morgan fingerprint density at radius 1 is 1.00 bits per heavy atom. The van der Waals surface area contributed by atoms with E-state index in [9.17, 15) is 9.18 Å². The molecule has 0 radical (unpaired) electrons. The molecule has 0 saturated carbocycles. The van der Waals surface area contributed by atoms with Crippen molar-refractivity contribution in [3.63, 3.8) is 0 Å². The van der Waals surface area contributed by atoms with E-state index in [1.54, 1.807) is 28.8 Å². The first-order valence-electron chi connectivity index (χ1n) is 12.3. The smallest absolute Gasteiger partial charge is 0.308 e. The highest BCUT2D eigenvalue weighted by atomic mass is 32.2. The number of amides is 2. The fraction of sp³-hybridized carbons (Fsp3) is 0.133. The summed E-state index contributed by atoms with van der Waals surface area (Å²) in [6.07, 6.45) is 4.06. The number of nitrogens with zero attached hydrogens (tertiary/aromatic N) is 4. The second-order valence-corrected chi connectivity index (χ2v) is 10.1. The minimum atomic E-state index is -0.404. The van der Waals surface area contributed by atoms with Gasteiger partial charge < -0.3 is 14.8 Å². The molecule has 1 aliphatic rings. The Morgan fingerprint density at radius 2 is 1.79 bits per heavy atom. The molecule has 0 spiro atoms. The number of para-hydroxylation sites is 1. The SMILES string of the molecule is CSc1ccc([C@@H]2c3cccn3-c3c(c(C)nn3-c3ccccc3)CN2C(=O)Nc2cccc(F)c2)cc1. The van der Waals surface area contributed by atoms with Gasteiger partial charge in [-0.1, -0.05) is 36.4 Å². The summed E-state index contributed by atoms with van der Waals surface area (Å²) in [5, 5.41) is 7.80. The number of hydrogen-bond acceptors (Lipinski definition) is 3. The van der Waals surface area contributed by atoms with Crippen LogP contribution in [0.15, 0.2) is 102 Å². The maximum atomic E-state index is 13.9. The van der Waals surface area contributed by atoms with Gasteiger partial charge in [-0.15, -0.1) is 11.8 Å². The Kier molecular flexibility index (Phi) is 6.25. The molecule has 1 N–H and O–H groups in total. The van der Waals surface area contributed by atoms with E-state index in [4.69, 9.17) is 5.10 Å². The minimum absolute atomic E-state index is 0.318. The Bertz CT molecular complexity index is 1610. The van der Waals surface area contributed by atoms with Crippen molar-refractivity contribution in [1.82, 2.24) is 19.2 Å². The number of rotatable bonds is 4. The van der Waals surface area contributed by atoms with Crippen LogP contribution in [-0.4, -0.2) is 31.5 Å². The molecule has 0 unspecified atom stereocenters. The zero-order valence-corrected chi connectivity index (χ0v) is 21.8. The van der Waals surface area contributed by atoms with Gasteiger partial charge in [0, 0.05) is 22.3 Å². The van der Waals surface area contributed by atoms with Crippen LogP contribution in [0.1, 0.15) is 28.6 Å². The van der Waals surface area contributed by atoms with Crippen LogP contribution in [0, 0.1) is 12.7 Å². The summed E-state index contributed by atoms with van der Waals surface area (Å²) in [5.41, 5.74) is 5.05. The molecule has 190 valence electrons. The third kappa shape index (κ3) is 4.26. The predicted molar refractivity (Wildman–Crippen MR) is 149 cm³/mol. The Morgan fingerprint density at radius 3 is 2.53 bits per heavy atom. The number of benzene rings is 3. The summed E-state index contributed by atoms with van der Waals surface area (Å²) < 4.78 is 18.0. The van der Waals surface area contributed by atoms with E-state index < -0.39 is 5.82 Å². The van der Waals surface area contributed by atoms with E-state index in [0.29, 0.717) is 12.2 Å². The number of fused-ring (bicyclic) bond motifs is 3. The van der Waals surface area contributed by atoms with Gasteiger partial charge in [-0.05, 0) is 73.3 Å². The number of aryl methyl sites for hydroxylation is 1. The number of nitrogens with one attached hydrogen (secondary N) is 1. The van der Waals surface area contributed by atoms with Gasteiger partial charge in [0.2, 0.25) is 0 Å². The van der Waals surface area contributed by atoms with Gasteiger partial charge in [0.25, 0.3) is 0 Å². The van der Waals surface area contributed by atoms with Crippen molar-refractivity contribution in [3.8, 4) is 11.5 Å². The van der Waals surface area contributed by atoms with E-state index in [0.717, 1.165) is 38.9 Å². The molecule has 1 aliphatic heterocycles. The summed E-state index contributed by atoms with van der Waals surface area (Å²) in [7, 11) is 0. The van der Waals surface area contributed by atoms with Crippen molar-refractivity contribution in [1.29, 1.82) is 0 Å². The molecule has 0 aliphatic carbocycles. The average molecular weight is 524 g/mol. The topological polar surface area (TPSA) is 55.1 Å². The first kappa shape index (κ1) is 24.1. The predicted octanol–water partition coefficient (Wildman–Crippen LogP) is 6.97. The molecule has 3 heterocycles. The standard InChI is InChI=1S/C30H26FN5OS/c1-20-26-19-35(30(37)32-23-9-6-8-22(31)18-23)28(21-13-15-25(38-2)16-14-21)27-12-7-17-34(27)29(26)36(33-20)24-10-4-3-5-11-24/h3-18,28H,19H2,1-2H3,(H,32,37)/t28-/m1/s1. The van der Waals surface area contributed by atoms with Gasteiger partial charge in [0.05, 0.1) is 29.7 Å². The molecule has 38 heavy (non-hydrogen) atoms. The summed E-state index contributed by atoms with van der Waals surface area (Å²) >= 11 is 1.67. The first-order valence-corrected chi connectivity index (χ1v) is 13.5. The third-order valence-corrected chi connectivity index (χ3v) is 7.60. The van der Waals surface area contributed by atoms with E-state index in [-0.39, 0.29) is 12.1 Å². The molecule has 8 heteroatoms. The summed E-state index contributed by atoms with van der Waals surface area (Å²) in [5.74, 6) is 0.500. The minimum Gasteiger partial charge on any atom is -0.308 e. The third-order valence-electron chi connectivity index (χ3n) is 6.86. The molecule has 6 nitrogen and oxygen atoms in total. The fourth-order valence-electron chi connectivity index (χ4n) is 5.05. The quantitative estimate of drug-likeness (QED) is 0.259. The molecule has 2 amide bonds. The molecule has 0 bridgehead atoms. The van der Waals surface area contributed by atoms with Crippen LogP contribution >= 0.6 is 11.8 Å². The van der Waals surface area contributed by atoms with Crippen LogP contribution in [0.4, 0.5) is 14.9 Å². The lowest BCUT2D eigenvalue weighted by molar-refractivity contribution is 0.194. The van der Waals surface area contributed by atoms with Gasteiger partial charge in [0.1, 0.15) is 11.6 Å². The molecular formula is C30H26FN5OS. The van der Waals surface area contributed by atoms with Gasteiger partial charge in [-0.2, -0.15) is 5.10 Å². The van der Waals surface area contributed by atoms with Gasteiger partial charge in [-0.25, -0.2) is 13.9 Å². The number of thioether (sulfide) groups is 1. The molecular weight excluding hydrogens is 497 g/mol. The highest BCUT2D eigenvalue weighted by Crippen LogP contribution is 2.39. The van der Waals surface area contributed by atoms with Gasteiger partial charge >= 0.3 is 6.03 Å². The molecule has 0 fully saturated rings. The lowest BCUT2D eigenvalue weighted by Gasteiger charge is -2.31. The molecule has 2 aromatic heterocycles. The van der Waals surface area contributed by atoms with E-state index in [2.05, 4.69) is 34.1 Å². The Hall–Kier alpha value is -4.30. The number of carbonyl (C=O) groups is 1. The normalized spacial score (nSPS) is 14.5. The van der Waals surface area contributed by atoms with Crippen LogP contribution in [0.3, 0.4) is 0 Å². The number of hydrogen-bond donors (Lipinski definition) is 1. The molecule has 6 rings (SSSR count). The van der Waals surface area contributed by atoms with Crippen LogP contribution < -0.4 is 5.32 Å². The first-order chi connectivity index (χ1) is 18.5. The van der Waals surface area contributed by atoms with Crippen molar-refractivity contribution >= 4 is 23.5 Å². The van der Waals surface area contributed by atoms with Crippen LogP contribution in [0.25, 0.3) is 11.5 Å². The summed E-state index contributed by atoms with van der Waals surface area (Å²) in [6.45, 7) is 2.30. The van der Waals surface area contributed by atoms with Crippen molar-refractivity contribution in [2.24, 2.45) is 0 Å². The van der Waals surface area contributed by atoms with Gasteiger partial charge in [-0.3, -0.25) is 0 Å². The fourth-order valence-corrected chi connectivity index (χ4v) is 5.46. The zero-order chi connectivity index (χ0) is 26.2. The number of carbonyl (C=O) groups excluding carboxylic acids is 1. The van der Waals surface area contributed by atoms with Crippen molar-refractivity contribution in [2.75, 3.05) is 11.6 Å². The van der Waals surface area contributed by atoms with Crippen LogP contribution in [0.5, 0.6) is 0 Å². The lowest BCUT2D eigenvalue weighted by Crippen LogP contribution is -2.38. The van der Waals surface area contributed by atoms with E-state index >= 15 is 0 Å². The van der Waals surface area contributed by atoms with Crippen molar-refractivity contribution in [3.05, 3.63) is 126 Å². The monoisotopic (exact) mass is 523 g/mol. The highest BCUT2D eigenvalue weighted by Gasteiger charge is 2.36. The van der Waals surface area contributed by atoms with Crippen molar-refractivity contribution < 1.29 is 9.18 Å². The number of anilines is 1. The summed E-state index contributed by atoms with van der Waals surface area (Å²) in [4.78, 5) is 16.9. The lowest BCUT2D eigenvalue weighted by atomic mass is 10.0. The van der Waals surface area contributed by atoms with Crippen molar-refractivity contribution in [2.45, 2.75) is 24.4 Å². The molecule has 3 aromatic carbocycles. The van der Waals surface area contributed by atoms with E-state index in [1.165, 1.54) is 12.1 Å². The second-order valence-electron chi connectivity index (χ2n) is 9.18. The van der Waals surface area contributed by atoms with Gasteiger partial charge in [0.15, 0.2) is 0 Å². The molecule has 5 aromatic rings. The van der Waals surface area contributed by atoms with Crippen LogP contribution in [0.2, 0.25) is 0 Å². The highest BCUT2D eigenvalue weighted by molar-refractivity contribution is 7.98. The average Bonchev–Trinajstić information content (AvgIpc) is 3.49. The maximum Gasteiger partial charge on any atom is 0.322 e. The van der Waals surface area contributed by atoms with Crippen LogP contribution in [-0.2, 0) is 6.54 Å². The number of halogens is 1. The molecule has 1 atom stereocenters. The number of urea groups is 1.